The first kappa shape index (κ1) is 13.9. The molecule has 1 aromatic heterocycles. The van der Waals surface area contributed by atoms with Crippen LogP contribution >= 0.6 is 11.3 Å². The molecule has 1 aliphatic rings. The number of aryl methyl sites for hydroxylation is 2. The van der Waals surface area contributed by atoms with Crippen LogP contribution in [0.2, 0.25) is 0 Å². The number of carbonyl (C=O) groups excluding carboxylic acids is 1. The summed E-state index contributed by atoms with van der Waals surface area (Å²) in [7, 11) is 1.58. The third-order valence-electron chi connectivity index (χ3n) is 3.42. The Kier molecular flexibility index (Phi) is 4.06. The van der Waals surface area contributed by atoms with E-state index in [2.05, 4.69) is 15.6 Å². The average Bonchev–Trinajstić information content (AvgIpc) is 2.89. The van der Waals surface area contributed by atoms with E-state index in [1.54, 1.807) is 30.6 Å². The minimum Gasteiger partial charge on any atom is -0.495 e. The quantitative estimate of drug-likeness (QED) is 0.909. The zero-order valence-electron chi connectivity index (χ0n) is 11.8. The van der Waals surface area contributed by atoms with Crippen LogP contribution < -0.4 is 15.4 Å². The molecule has 0 atom stereocenters. The summed E-state index contributed by atoms with van der Waals surface area (Å²) in [5.41, 5.74) is 1.78. The van der Waals surface area contributed by atoms with E-state index >= 15 is 0 Å². The average molecular weight is 303 g/mol. The first-order chi connectivity index (χ1) is 10.3. The number of nitrogens with zero attached hydrogens (tertiary/aromatic N) is 1. The molecule has 110 valence electrons. The largest absolute Gasteiger partial charge is 0.495 e. The number of hydrogen-bond acceptors (Lipinski definition) is 4. The van der Waals surface area contributed by atoms with Gasteiger partial charge in [0.1, 0.15) is 5.75 Å². The van der Waals surface area contributed by atoms with Gasteiger partial charge in [-0.1, -0.05) is 12.1 Å². The van der Waals surface area contributed by atoms with Gasteiger partial charge in [0, 0.05) is 4.88 Å². The summed E-state index contributed by atoms with van der Waals surface area (Å²) in [6.07, 6.45) is 4.48. The second kappa shape index (κ2) is 6.13. The van der Waals surface area contributed by atoms with Crippen molar-refractivity contribution in [1.29, 1.82) is 0 Å². The molecule has 2 N–H and O–H groups in total. The van der Waals surface area contributed by atoms with Gasteiger partial charge in [0.05, 0.1) is 18.5 Å². The number of thiazole rings is 1. The van der Waals surface area contributed by atoms with E-state index < -0.39 is 0 Å². The number of urea groups is 1. The van der Waals surface area contributed by atoms with E-state index in [4.69, 9.17) is 4.74 Å². The summed E-state index contributed by atoms with van der Waals surface area (Å²) >= 11 is 1.57. The van der Waals surface area contributed by atoms with E-state index in [9.17, 15) is 4.79 Å². The second-order valence-corrected chi connectivity index (χ2v) is 5.96. The molecule has 0 bridgehead atoms. The zero-order valence-corrected chi connectivity index (χ0v) is 12.6. The molecule has 0 spiro atoms. The highest BCUT2D eigenvalue weighted by Crippen LogP contribution is 2.30. The molecular formula is C15H17N3O2S. The highest BCUT2D eigenvalue weighted by Gasteiger charge is 2.16. The Balaban J connectivity index is 1.67. The van der Waals surface area contributed by atoms with Crippen LogP contribution in [-0.4, -0.2) is 18.1 Å². The van der Waals surface area contributed by atoms with Gasteiger partial charge in [-0.25, -0.2) is 9.78 Å². The highest BCUT2D eigenvalue weighted by atomic mass is 32.1. The van der Waals surface area contributed by atoms with Gasteiger partial charge in [0.2, 0.25) is 0 Å². The molecule has 2 aromatic rings. The molecule has 3 rings (SSSR count). The van der Waals surface area contributed by atoms with Crippen molar-refractivity contribution >= 4 is 28.2 Å². The van der Waals surface area contributed by atoms with Gasteiger partial charge in [-0.2, -0.15) is 0 Å². The van der Waals surface area contributed by atoms with Crippen molar-refractivity contribution < 1.29 is 9.53 Å². The number of aromatic nitrogens is 1. The van der Waals surface area contributed by atoms with Gasteiger partial charge in [-0.3, -0.25) is 5.32 Å². The first-order valence-corrected chi connectivity index (χ1v) is 7.77. The van der Waals surface area contributed by atoms with Gasteiger partial charge >= 0.3 is 6.03 Å². The van der Waals surface area contributed by atoms with E-state index in [0.29, 0.717) is 16.6 Å². The Labute approximate surface area is 127 Å². The van der Waals surface area contributed by atoms with Crippen molar-refractivity contribution in [3.8, 4) is 5.75 Å². The number of rotatable bonds is 3. The number of fused-ring (bicyclic) bond motifs is 1. The summed E-state index contributed by atoms with van der Waals surface area (Å²) in [4.78, 5) is 17.8. The highest BCUT2D eigenvalue weighted by molar-refractivity contribution is 7.15. The molecule has 21 heavy (non-hydrogen) atoms. The standard InChI is InChI=1S/C15H17N3O2S/c1-20-12-8-4-2-6-10(12)16-14(19)18-15-17-11-7-3-5-9-13(11)21-15/h2,4,6,8H,3,5,7,9H2,1H3,(H2,16,17,18,19). The predicted octanol–water partition coefficient (Wildman–Crippen LogP) is 3.67. The van der Waals surface area contributed by atoms with E-state index in [-0.39, 0.29) is 6.03 Å². The van der Waals surface area contributed by atoms with Gasteiger partial charge in [-0.05, 0) is 37.8 Å². The minimum absolute atomic E-state index is 0.300. The molecule has 6 heteroatoms. The molecular weight excluding hydrogens is 286 g/mol. The molecule has 0 unspecified atom stereocenters. The lowest BCUT2D eigenvalue weighted by Gasteiger charge is -2.09. The van der Waals surface area contributed by atoms with Crippen LogP contribution in [0.25, 0.3) is 0 Å². The lowest BCUT2D eigenvalue weighted by molar-refractivity contribution is 0.262. The van der Waals surface area contributed by atoms with Gasteiger partial charge in [0.25, 0.3) is 0 Å². The Bertz CT molecular complexity index is 631. The topological polar surface area (TPSA) is 63.2 Å². The lowest BCUT2D eigenvalue weighted by Crippen LogP contribution is -2.19. The van der Waals surface area contributed by atoms with Crippen LogP contribution in [0.15, 0.2) is 24.3 Å². The number of hydrogen-bond donors (Lipinski definition) is 2. The van der Waals surface area contributed by atoms with Crippen LogP contribution in [-0.2, 0) is 12.8 Å². The molecule has 2 amide bonds. The zero-order chi connectivity index (χ0) is 14.7. The number of benzene rings is 1. The number of para-hydroxylation sites is 2. The molecule has 1 aromatic carbocycles. The Morgan fingerprint density at radius 3 is 2.86 bits per heavy atom. The maximum Gasteiger partial charge on any atom is 0.325 e. The molecule has 5 nitrogen and oxygen atoms in total. The summed E-state index contributed by atoms with van der Waals surface area (Å²) in [6.45, 7) is 0. The number of methoxy groups -OCH3 is 1. The molecule has 0 radical (unpaired) electrons. The van der Waals surface area contributed by atoms with Crippen LogP contribution in [0.5, 0.6) is 5.75 Å². The van der Waals surface area contributed by atoms with E-state index in [1.165, 1.54) is 17.7 Å². The monoisotopic (exact) mass is 303 g/mol. The number of ether oxygens (including phenoxy) is 1. The third-order valence-corrected chi connectivity index (χ3v) is 4.49. The van der Waals surface area contributed by atoms with Gasteiger partial charge in [0.15, 0.2) is 5.13 Å². The minimum atomic E-state index is -0.300. The number of anilines is 2. The lowest BCUT2D eigenvalue weighted by atomic mass is 10.0. The van der Waals surface area contributed by atoms with Crippen molar-refractivity contribution in [2.75, 3.05) is 17.7 Å². The molecule has 0 fully saturated rings. The Morgan fingerprint density at radius 1 is 1.24 bits per heavy atom. The fourth-order valence-electron chi connectivity index (χ4n) is 2.40. The van der Waals surface area contributed by atoms with Crippen LogP contribution in [0, 0.1) is 0 Å². The fraction of sp³-hybridized carbons (Fsp3) is 0.333. The van der Waals surface area contributed by atoms with Crippen LogP contribution in [0.4, 0.5) is 15.6 Å². The molecule has 0 saturated carbocycles. The summed E-state index contributed by atoms with van der Waals surface area (Å²) in [5, 5.41) is 6.24. The molecule has 0 saturated heterocycles. The van der Waals surface area contributed by atoms with Gasteiger partial charge < -0.3 is 10.1 Å². The smallest absolute Gasteiger partial charge is 0.325 e. The third kappa shape index (κ3) is 3.16. The maximum absolute atomic E-state index is 12.1. The van der Waals surface area contributed by atoms with Crippen LogP contribution in [0.3, 0.4) is 0 Å². The fourth-order valence-corrected chi connectivity index (χ4v) is 3.45. The summed E-state index contributed by atoms with van der Waals surface area (Å²) < 4.78 is 5.21. The van der Waals surface area contributed by atoms with E-state index in [0.717, 1.165) is 18.5 Å². The SMILES string of the molecule is COc1ccccc1NC(=O)Nc1nc2c(s1)CCCC2. The molecule has 0 aliphatic heterocycles. The van der Waals surface area contributed by atoms with Crippen LogP contribution in [0.1, 0.15) is 23.4 Å². The number of amides is 2. The number of carbonyl (C=O) groups is 1. The maximum atomic E-state index is 12.1. The van der Waals surface area contributed by atoms with Crippen molar-refractivity contribution in [2.45, 2.75) is 25.7 Å². The first-order valence-electron chi connectivity index (χ1n) is 6.96. The Morgan fingerprint density at radius 2 is 2.05 bits per heavy atom. The van der Waals surface area contributed by atoms with E-state index in [1.807, 2.05) is 12.1 Å². The summed E-state index contributed by atoms with van der Waals surface area (Å²) in [5.74, 6) is 0.631. The van der Waals surface area contributed by atoms with Crippen molar-refractivity contribution in [3.63, 3.8) is 0 Å². The van der Waals surface area contributed by atoms with Crippen molar-refractivity contribution in [2.24, 2.45) is 0 Å². The normalized spacial score (nSPS) is 13.4. The number of nitrogens with one attached hydrogen (secondary N) is 2. The Hall–Kier alpha value is -2.08. The van der Waals surface area contributed by atoms with Crippen molar-refractivity contribution in [3.05, 3.63) is 34.8 Å². The molecule has 1 aliphatic carbocycles. The predicted molar refractivity (Wildman–Crippen MR) is 84.4 cm³/mol. The second-order valence-electron chi connectivity index (χ2n) is 4.88. The van der Waals surface area contributed by atoms with Crippen molar-refractivity contribution in [1.82, 2.24) is 4.98 Å². The van der Waals surface area contributed by atoms with Gasteiger partial charge in [-0.15, -0.1) is 11.3 Å². The molecule has 1 heterocycles. The summed E-state index contributed by atoms with van der Waals surface area (Å²) in [6, 6.07) is 7.01.